The largest absolute Gasteiger partial charge is 0.454 e. The maximum absolute atomic E-state index is 5.76. The summed E-state index contributed by atoms with van der Waals surface area (Å²) in [4.78, 5) is 0. The van der Waals surface area contributed by atoms with Gasteiger partial charge >= 0.3 is 0 Å². The van der Waals surface area contributed by atoms with Crippen molar-refractivity contribution in [3.8, 4) is 22.8 Å². The van der Waals surface area contributed by atoms with Crippen LogP contribution in [0.2, 0.25) is 0 Å². The third-order valence-corrected chi connectivity index (χ3v) is 4.20. The Hall–Kier alpha value is -2.08. The second-order valence-electron chi connectivity index (χ2n) is 5.83. The fourth-order valence-electron chi connectivity index (χ4n) is 2.99. The number of rotatable bonds is 3. The molecule has 0 amide bonds. The Morgan fingerprint density at radius 3 is 2.91 bits per heavy atom. The smallest absolute Gasteiger partial charge is 0.231 e. The lowest BCUT2D eigenvalue weighted by molar-refractivity contribution is 0.00370. The molecule has 1 aromatic heterocycles. The lowest BCUT2D eigenvalue weighted by Crippen LogP contribution is -2.24. The monoisotopic (exact) mass is 301 g/mol. The van der Waals surface area contributed by atoms with E-state index >= 15 is 0 Å². The highest BCUT2D eigenvalue weighted by Gasteiger charge is 2.19. The molecular weight excluding hydrogens is 282 g/mol. The van der Waals surface area contributed by atoms with Gasteiger partial charge in [0.25, 0.3) is 0 Å². The van der Waals surface area contributed by atoms with E-state index in [1.807, 2.05) is 29.9 Å². The van der Waals surface area contributed by atoms with E-state index in [4.69, 9.17) is 14.2 Å². The molecule has 1 unspecified atom stereocenters. The standard InChI is InChI=1S/C16H19N3O3/c1-11-6-15-16(22-10-21-15)7-13(11)14-9-19(18-17-14)8-12-4-2-3-5-20-12/h6-7,9,12H,2-5,8,10H2,1H3. The molecule has 22 heavy (non-hydrogen) atoms. The Morgan fingerprint density at radius 2 is 2.09 bits per heavy atom. The summed E-state index contributed by atoms with van der Waals surface area (Å²) in [5.74, 6) is 1.56. The van der Waals surface area contributed by atoms with Crippen molar-refractivity contribution in [1.29, 1.82) is 0 Å². The summed E-state index contributed by atoms with van der Waals surface area (Å²) in [5.41, 5.74) is 2.98. The summed E-state index contributed by atoms with van der Waals surface area (Å²) in [5, 5.41) is 8.54. The van der Waals surface area contributed by atoms with Gasteiger partial charge in [-0.25, -0.2) is 4.68 Å². The van der Waals surface area contributed by atoms with Gasteiger partial charge in [0.1, 0.15) is 5.69 Å². The number of fused-ring (bicyclic) bond motifs is 1. The molecule has 1 fully saturated rings. The van der Waals surface area contributed by atoms with Crippen molar-refractivity contribution in [3.63, 3.8) is 0 Å². The van der Waals surface area contributed by atoms with Crippen LogP contribution in [0.4, 0.5) is 0 Å². The molecule has 4 rings (SSSR count). The SMILES string of the molecule is Cc1cc2c(cc1-c1cn(CC3CCCCO3)nn1)OCO2. The van der Waals surface area contributed by atoms with Crippen molar-refractivity contribution in [3.05, 3.63) is 23.9 Å². The maximum Gasteiger partial charge on any atom is 0.231 e. The average Bonchev–Trinajstić information content (AvgIpc) is 3.16. The van der Waals surface area contributed by atoms with E-state index in [-0.39, 0.29) is 12.9 Å². The van der Waals surface area contributed by atoms with Gasteiger partial charge in [0.2, 0.25) is 6.79 Å². The number of aryl methyl sites for hydroxylation is 1. The zero-order chi connectivity index (χ0) is 14.9. The van der Waals surface area contributed by atoms with Gasteiger partial charge in [-0.15, -0.1) is 5.10 Å². The Labute approximate surface area is 129 Å². The highest BCUT2D eigenvalue weighted by molar-refractivity contribution is 5.67. The van der Waals surface area contributed by atoms with Crippen LogP contribution in [0.1, 0.15) is 24.8 Å². The fourth-order valence-corrected chi connectivity index (χ4v) is 2.99. The van der Waals surface area contributed by atoms with E-state index in [0.717, 1.165) is 54.3 Å². The van der Waals surface area contributed by atoms with Crippen LogP contribution in [-0.2, 0) is 11.3 Å². The number of hydrogen-bond donors (Lipinski definition) is 0. The normalized spacial score (nSPS) is 20.3. The Morgan fingerprint density at radius 1 is 1.23 bits per heavy atom. The molecule has 0 radical (unpaired) electrons. The van der Waals surface area contributed by atoms with Gasteiger partial charge in [-0.3, -0.25) is 0 Å². The molecule has 1 saturated heterocycles. The summed E-state index contributed by atoms with van der Waals surface area (Å²) in [6, 6.07) is 3.96. The van der Waals surface area contributed by atoms with Crippen LogP contribution in [0.15, 0.2) is 18.3 Å². The van der Waals surface area contributed by atoms with Gasteiger partial charge in [0, 0.05) is 12.2 Å². The third kappa shape index (κ3) is 2.54. The summed E-state index contributed by atoms with van der Waals surface area (Å²) in [7, 11) is 0. The maximum atomic E-state index is 5.76. The van der Waals surface area contributed by atoms with Crippen molar-refractivity contribution in [1.82, 2.24) is 15.0 Å². The summed E-state index contributed by atoms with van der Waals surface area (Å²) >= 11 is 0. The second-order valence-corrected chi connectivity index (χ2v) is 5.83. The van der Waals surface area contributed by atoms with Crippen LogP contribution < -0.4 is 9.47 Å². The van der Waals surface area contributed by atoms with Crippen molar-refractivity contribution < 1.29 is 14.2 Å². The Kier molecular flexibility index (Phi) is 3.46. The number of nitrogens with zero attached hydrogens (tertiary/aromatic N) is 3. The molecule has 0 aliphatic carbocycles. The minimum atomic E-state index is 0.251. The first-order valence-corrected chi connectivity index (χ1v) is 7.72. The molecule has 116 valence electrons. The van der Waals surface area contributed by atoms with Crippen molar-refractivity contribution in [2.45, 2.75) is 38.8 Å². The highest BCUT2D eigenvalue weighted by Crippen LogP contribution is 2.37. The molecule has 2 aromatic rings. The summed E-state index contributed by atoms with van der Waals surface area (Å²) in [6.45, 7) is 3.94. The van der Waals surface area contributed by atoms with E-state index in [0.29, 0.717) is 0 Å². The first-order chi connectivity index (χ1) is 10.8. The predicted molar refractivity (Wildman–Crippen MR) is 79.9 cm³/mol. The lowest BCUT2D eigenvalue weighted by Gasteiger charge is -2.21. The lowest BCUT2D eigenvalue weighted by atomic mass is 10.1. The van der Waals surface area contributed by atoms with Crippen LogP contribution in [0.3, 0.4) is 0 Å². The first-order valence-electron chi connectivity index (χ1n) is 7.72. The first kappa shape index (κ1) is 13.6. The number of benzene rings is 1. The van der Waals surface area contributed by atoms with E-state index < -0.39 is 0 Å². The summed E-state index contributed by atoms with van der Waals surface area (Å²) < 4.78 is 18.5. The van der Waals surface area contributed by atoms with Crippen LogP contribution in [0.25, 0.3) is 11.3 Å². The average molecular weight is 301 g/mol. The Balaban J connectivity index is 1.56. The molecule has 2 aliphatic rings. The predicted octanol–water partition coefficient (Wildman–Crippen LogP) is 2.55. The second kappa shape index (κ2) is 5.61. The van der Waals surface area contributed by atoms with E-state index in [1.54, 1.807) is 0 Å². The molecule has 2 aliphatic heterocycles. The fraction of sp³-hybridized carbons (Fsp3) is 0.500. The zero-order valence-corrected chi connectivity index (χ0v) is 12.6. The molecule has 6 heteroatoms. The number of hydrogen-bond acceptors (Lipinski definition) is 5. The van der Waals surface area contributed by atoms with Gasteiger partial charge in [-0.2, -0.15) is 0 Å². The molecule has 0 saturated carbocycles. The van der Waals surface area contributed by atoms with Gasteiger partial charge < -0.3 is 14.2 Å². The van der Waals surface area contributed by atoms with Gasteiger partial charge in [0.05, 0.1) is 18.8 Å². The Bertz CT molecular complexity index is 677. The topological polar surface area (TPSA) is 58.4 Å². The van der Waals surface area contributed by atoms with Crippen molar-refractivity contribution in [2.75, 3.05) is 13.4 Å². The number of ether oxygens (including phenoxy) is 3. The van der Waals surface area contributed by atoms with Crippen molar-refractivity contribution >= 4 is 0 Å². The molecule has 0 N–H and O–H groups in total. The molecule has 0 spiro atoms. The van der Waals surface area contributed by atoms with E-state index in [1.165, 1.54) is 6.42 Å². The molecule has 1 atom stereocenters. The van der Waals surface area contributed by atoms with Crippen molar-refractivity contribution in [2.24, 2.45) is 0 Å². The molecule has 6 nitrogen and oxygen atoms in total. The van der Waals surface area contributed by atoms with Gasteiger partial charge in [-0.05, 0) is 43.9 Å². The van der Waals surface area contributed by atoms with Crippen LogP contribution in [-0.4, -0.2) is 34.5 Å². The molecular formula is C16H19N3O3. The minimum absolute atomic E-state index is 0.251. The molecule has 3 heterocycles. The van der Waals surface area contributed by atoms with Gasteiger partial charge in [0.15, 0.2) is 11.5 Å². The molecule has 1 aromatic carbocycles. The van der Waals surface area contributed by atoms with E-state index in [9.17, 15) is 0 Å². The highest BCUT2D eigenvalue weighted by atomic mass is 16.7. The zero-order valence-electron chi connectivity index (χ0n) is 12.6. The van der Waals surface area contributed by atoms with Crippen LogP contribution in [0, 0.1) is 6.92 Å². The third-order valence-electron chi connectivity index (χ3n) is 4.20. The van der Waals surface area contributed by atoms with Gasteiger partial charge in [-0.1, -0.05) is 5.21 Å². The van der Waals surface area contributed by atoms with Crippen LogP contribution in [0.5, 0.6) is 11.5 Å². The summed E-state index contributed by atoms with van der Waals surface area (Å²) in [6.07, 6.45) is 5.71. The van der Waals surface area contributed by atoms with E-state index in [2.05, 4.69) is 10.3 Å². The quantitative estimate of drug-likeness (QED) is 0.872. The number of aromatic nitrogens is 3. The molecule has 0 bridgehead atoms. The minimum Gasteiger partial charge on any atom is -0.454 e. The van der Waals surface area contributed by atoms with Crippen LogP contribution >= 0.6 is 0 Å².